The molecule has 0 spiro atoms. The van der Waals surface area contributed by atoms with Gasteiger partial charge in [0.2, 0.25) is 0 Å². The van der Waals surface area contributed by atoms with Crippen LogP contribution in [-0.2, 0) is 0 Å². The molecule has 1 aromatic carbocycles. The van der Waals surface area contributed by atoms with Crippen LogP contribution >= 0.6 is 11.6 Å². The Morgan fingerprint density at radius 2 is 2.08 bits per heavy atom. The van der Waals surface area contributed by atoms with Crippen molar-refractivity contribution in [1.29, 1.82) is 0 Å². The number of fused-ring (bicyclic) bond motifs is 1. The fraction of sp³-hybridized carbons (Fsp3) is 0. The van der Waals surface area contributed by atoms with E-state index in [-0.39, 0.29) is 0 Å². The summed E-state index contributed by atoms with van der Waals surface area (Å²) in [5.41, 5.74) is 1.57. The molecule has 0 fully saturated rings. The Labute approximate surface area is 76.8 Å². The van der Waals surface area contributed by atoms with Gasteiger partial charge in [0.25, 0.3) is 0 Å². The molecular formula is C9H5BClN. The van der Waals surface area contributed by atoms with Gasteiger partial charge in [-0.1, -0.05) is 23.1 Å². The van der Waals surface area contributed by atoms with Gasteiger partial charge in [0.1, 0.15) is 7.85 Å². The Balaban J connectivity index is 2.80. The zero-order chi connectivity index (χ0) is 8.55. The van der Waals surface area contributed by atoms with Crippen molar-refractivity contribution in [3.63, 3.8) is 0 Å². The van der Waals surface area contributed by atoms with Gasteiger partial charge in [-0.15, -0.1) is 0 Å². The molecular weight excluding hydrogens is 168 g/mol. The molecule has 0 aliphatic rings. The molecule has 1 nitrogen and oxygen atoms in total. The molecule has 1 aromatic heterocycles. The summed E-state index contributed by atoms with van der Waals surface area (Å²) in [7, 11) is 5.57. The maximum atomic E-state index is 5.80. The van der Waals surface area contributed by atoms with Crippen LogP contribution in [0, 0.1) is 0 Å². The van der Waals surface area contributed by atoms with Crippen molar-refractivity contribution in [3.8, 4) is 0 Å². The number of pyridine rings is 1. The van der Waals surface area contributed by atoms with Crippen molar-refractivity contribution in [1.82, 2.24) is 4.98 Å². The average molecular weight is 173 g/mol. The summed E-state index contributed by atoms with van der Waals surface area (Å²) in [4.78, 5) is 4.14. The number of nitrogens with zero attached hydrogens (tertiary/aromatic N) is 1. The van der Waals surface area contributed by atoms with E-state index >= 15 is 0 Å². The van der Waals surface area contributed by atoms with Crippen molar-refractivity contribution in [3.05, 3.63) is 35.5 Å². The molecule has 56 valence electrons. The minimum Gasteiger partial charge on any atom is -0.257 e. The van der Waals surface area contributed by atoms with Crippen LogP contribution in [0.5, 0.6) is 0 Å². The van der Waals surface area contributed by atoms with Crippen LogP contribution in [0.4, 0.5) is 0 Å². The second-order valence-electron chi connectivity index (χ2n) is 2.61. The topological polar surface area (TPSA) is 12.9 Å². The molecule has 2 aromatic rings. The zero-order valence-electron chi connectivity index (χ0n) is 6.29. The molecule has 12 heavy (non-hydrogen) atoms. The van der Waals surface area contributed by atoms with E-state index in [1.165, 1.54) is 0 Å². The van der Waals surface area contributed by atoms with Crippen LogP contribution in [0.3, 0.4) is 0 Å². The fourth-order valence-electron chi connectivity index (χ4n) is 1.12. The Hall–Kier alpha value is -1.02. The molecule has 1 heterocycles. The predicted octanol–water partition coefficient (Wildman–Crippen LogP) is 1.68. The second-order valence-corrected chi connectivity index (χ2v) is 3.04. The summed E-state index contributed by atoms with van der Waals surface area (Å²) < 4.78 is 0. The molecule has 0 saturated heterocycles. The van der Waals surface area contributed by atoms with Gasteiger partial charge in [0, 0.05) is 16.6 Å². The van der Waals surface area contributed by atoms with Crippen LogP contribution < -0.4 is 5.46 Å². The summed E-state index contributed by atoms with van der Waals surface area (Å²) in [5, 5.41) is 1.68. The summed E-state index contributed by atoms with van der Waals surface area (Å²) in [6.07, 6.45) is 1.64. The Bertz CT molecular complexity index is 391. The highest BCUT2D eigenvalue weighted by Crippen LogP contribution is 2.15. The zero-order valence-corrected chi connectivity index (χ0v) is 7.05. The molecule has 3 heteroatoms. The first-order valence-electron chi connectivity index (χ1n) is 3.56. The van der Waals surface area contributed by atoms with Gasteiger partial charge >= 0.3 is 0 Å². The van der Waals surface area contributed by atoms with E-state index in [0.29, 0.717) is 10.5 Å². The van der Waals surface area contributed by atoms with Crippen molar-refractivity contribution in [2.24, 2.45) is 0 Å². The lowest BCUT2D eigenvalue weighted by Gasteiger charge is -1.98. The lowest BCUT2D eigenvalue weighted by atomic mass is 9.97. The summed E-state index contributed by atoms with van der Waals surface area (Å²) in [5.74, 6) is 0. The van der Waals surface area contributed by atoms with E-state index in [9.17, 15) is 0 Å². The highest BCUT2D eigenvalue weighted by atomic mass is 35.5. The first kappa shape index (κ1) is 7.62. The number of halogens is 1. The third kappa shape index (κ3) is 1.30. The van der Waals surface area contributed by atoms with E-state index in [2.05, 4.69) is 4.98 Å². The fourth-order valence-corrected chi connectivity index (χ4v) is 1.30. The minimum absolute atomic E-state index is 0.657. The van der Waals surface area contributed by atoms with Gasteiger partial charge in [0.05, 0.1) is 5.52 Å². The number of hydrogen-bond donors (Lipinski definition) is 0. The lowest BCUT2D eigenvalue weighted by Crippen LogP contribution is -2.01. The van der Waals surface area contributed by atoms with Crippen molar-refractivity contribution < 1.29 is 0 Å². The molecule has 0 unspecified atom stereocenters. The normalized spacial score (nSPS) is 10.4. The van der Waals surface area contributed by atoms with Crippen molar-refractivity contribution in [2.75, 3.05) is 0 Å². The Morgan fingerprint density at radius 3 is 2.92 bits per heavy atom. The highest BCUT2D eigenvalue weighted by molar-refractivity contribution is 6.33. The van der Waals surface area contributed by atoms with Crippen LogP contribution in [-0.4, -0.2) is 12.8 Å². The number of rotatable bonds is 0. The van der Waals surface area contributed by atoms with E-state index < -0.39 is 0 Å². The van der Waals surface area contributed by atoms with Crippen molar-refractivity contribution >= 4 is 35.8 Å². The third-order valence-electron chi connectivity index (χ3n) is 1.66. The number of aromatic nitrogens is 1. The molecule has 2 rings (SSSR count). The monoisotopic (exact) mass is 173 g/mol. The Kier molecular flexibility index (Phi) is 1.78. The van der Waals surface area contributed by atoms with Gasteiger partial charge in [-0.25, -0.2) is 0 Å². The van der Waals surface area contributed by atoms with Crippen LogP contribution in [0.15, 0.2) is 30.5 Å². The first-order chi connectivity index (χ1) is 5.75. The van der Waals surface area contributed by atoms with Gasteiger partial charge in [-0.3, -0.25) is 4.98 Å². The van der Waals surface area contributed by atoms with Crippen molar-refractivity contribution in [2.45, 2.75) is 0 Å². The molecule has 0 saturated carbocycles. The summed E-state index contributed by atoms with van der Waals surface area (Å²) in [6, 6.07) is 7.39. The van der Waals surface area contributed by atoms with Gasteiger partial charge in [-0.2, -0.15) is 0 Å². The quantitative estimate of drug-likeness (QED) is 0.553. The maximum absolute atomic E-state index is 5.80. The lowest BCUT2D eigenvalue weighted by molar-refractivity contribution is 1.44. The third-order valence-corrected chi connectivity index (χ3v) is 1.90. The molecule has 0 aliphatic heterocycles. The second kappa shape index (κ2) is 2.79. The Morgan fingerprint density at radius 1 is 1.25 bits per heavy atom. The van der Waals surface area contributed by atoms with E-state index in [1.807, 2.05) is 24.3 Å². The molecule has 0 N–H and O–H groups in total. The highest BCUT2D eigenvalue weighted by Gasteiger charge is 1.94. The molecule has 0 bridgehead atoms. The molecule has 0 atom stereocenters. The van der Waals surface area contributed by atoms with Crippen LogP contribution in [0.2, 0.25) is 5.02 Å². The minimum atomic E-state index is 0.657. The van der Waals surface area contributed by atoms with Crippen LogP contribution in [0.1, 0.15) is 0 Å². The predicted molar refractivity (Wildman–Crippen MR) is 52.1 cm³/mol. The maximum Gasteiger partial charge on any atom is 0.115 e. The number of benzene rings is 1. The SMILES string of the molecule is [B]c1cnc2ccc(Cl)cc2c1. The number of hydrogen-bond acceptors (Lipinski definition) is 1. The summed E-state index contributed by atoms with van der Waals surface area (Å²) in [6.45, 7) is 0. The van der Waals surface area contributed by atoms with E-state index in [4.69, 9.17) is 19.4 Å². The van der Waals surface area contributed by atoms with E-state index in [1.54, 1.807) is 6.20 Å². The van der Waals surface area contributed by atoms with Gasteiger partial charge < -0.3 is 0 Å². The van der Waals surface area contributed by atoms with E-state index in [0.717, 1.165) is 10.9 Å². The molecule has 0 aliphatic carbocycles. The first-order valence-corrected chi connectivity index (χ1v) is 3.94. The van der Waals surface area contributed by atoms with Gasteiger partial charge in [-0.05, 0) is 18.2 Å². The smallest absolute Gasteiger partial charge is 0.115 e. The van der Waals surface area contributed by atoms with Crippen LogP contribution in [0.25, 0.3) is 10.9 Å². The largest absolute Gasteiger partial charge is 0.257 e. The summed E-state index contributed by atoms with van der Waals surface area (Å²) >= 11 is 5.80. The standard InChI is InChI=1S/C9H5BClN/c10-7-3-6-4-8(11)1-2-9(6)12-5-7/h1-5H. The molecule has 2 radical (unpaired) electrons. The average Bonchev–Trinajstić information content (AvgIpc) is 2.03. The van der Waals surface area contributed by atoms with Gasteiger partial charge in [0.15, 0.2) is 0 Å². The molecule has 0 amide bonds.